The van der Waals surface area contributed by atoms with E-state index in [-0.39, 0.29) is 12.3 Å². The largest absolute Gasteiger partial charge is 0.481 e. The Labute approximate surface area is 114 Å². The lowest BCUT2D eigenvalue weighted by atomic mass is 10.0. The molecule has 0 radical (unpaired) electrons. The first kappa shape index (κ1) is 16.4. The molecule has 1 fully saturated rings. The highest BCUT2D eigenvalue weighted by Gasteiger charge is 2.23. The Hall–Kier alpha value is -0.700. The highest BCUT2D eigenvalue weighted by molar-refractivity contribution is 7.87. The minimum atomic E-state index is -3.42. The summed E-state index contributed by atoms with van der Waals surface area (Å²) >= 11 is 0. The summed E-state index contributed by atoms with van der Waals surface area (Å²) in [7, 11) is -3.42. The summed E-state index contributed by atoms with van der Waals surface area (Å²) in [6.45, 7) is 3.87. The molecule has 0 aromatic rings. The fourth-order valence-electron chi connectivity index (χ4n) is 1.83. The minimum absolute atomic E-state index is 0.122. The first-order chi connectivity index (χ1) is 8.92. The van der Waals surface area contributed by atoms with Gasteiger partial charge in [0.1, 0.15) is 0 Å². The van der Waals surface area contributed by atoms with Crippen LogP contribution < -0.4 is 4.72 Å². The van der Waals surface area contributed by atoms with Crippen molar-refractivity contribution in [1.29, 1.82) is 0 Å². The van der Waals surface area contributed by atoms with E-state index in [1.165, 1.54) is 4.31 Å². The van der Waals surface area contributed by atoms with Crippen LogP contribution in [-0.4, -0.2) is 56.6 Å². The van der Waals surface area contributed by atoms with Gasteiger partial charge >= 0.3 is 5.97 Å². The third kappa shape index (κ3) is 6.33. The Bertz CT molecular complexity index is 379. The number of nitrogens with one attached hydrogen (secondary N) is 1. The summed E-state index contributed by atoms with van der Waals surface area (Å²) in [5.41, 5.74) is 0. The van der Waals surface area contributed by atoms with E-state index in [1.807, 2.05) is 6.92 Å². The molecule has 1 saturated heterocycles. The van der Waals surface area contributed by atoms with Gasteiger partial charge in [-0.25, -0.2) is 4.72 Å². The van der Waals surface area contributed by atoms with E-state index in [2.05, 4.69) is 4.72 Å². The molecule has 1 unspecified atom stereocenters. The molecule has 0 spiro atoms. The minimum Gasteiger partial charge on any atom is -0.481 e. The van der Waals surface area contributed by atoms with Gasteiger partial charge in [-0.15, -0.1) is 0 Å². The molecule has 0 bridgehead atoms. The summed E-state index contributed by atoms with van der Waals surface area (Å²) < 4.78 is 32.8. The zero-order valence-electron chi connectivity index (χ0n) is 11.2. The second-order valence-electron chi connectivity index (χ2n) is 4.74. The normalized spacial score (nSPS) is 19.2. The molecule has 19 heavy (non-hydrogen) atoms. The SMILES string of the molecule is CC(CCNS(=O)(=O)N1CCOCC1)CCC(=O)O. The molecule has 0 aromatic heterocycles. The number of carbonyl (C=O) groups is 1. The van der Waals surface area contributed by atoms with Crippen molar-refractivity contribution < 1.29 is 23.1 Å². The maximum absolute atomic E-state index is 11.9. The topological polar surface area (TPSA) is 95.9 Å². The molecule has 2 N–H and O–H groups in total. The van der Waals surface area contributed by atoms with E-state index >= 15 is 0 Å². The molecule has 1 rings (SSSR count). The van der Waals surface area contributed by atoms with Gasteiger partial charge in [-0.2, -0.15) is 12.7 Å². The van der Waals surface area contributed by atoms with Gasteiger partial charge in [-0.05, 0) is 18.8 Å². The van der Waals surface area contributed by atoms with Crippen LogP contribution >= 0.6 is 0 Å². The third-order valence-corrected chi connectivity index (χ3v) is 4.70. The summed E-state index contributed by atoms with van der Waals surface area (Å²) in [6, 6.07) is 0. The quantitative estimate of drug-likeness (QED) is 0.659. The predicted molar refractivity (Wildman–Crippen MR) is 70.0 cm³/mol. The fourth-order valence-corrected chi connectivity index (χ4v) is 3.01. The van der Waals surface area contributed by atoms with Gasteiger partial charge in [0.15, 0.2) is 0 Å². The van der Waals surface area contributed by atoms with Crippen molar-refractivity contribution in [3.8, 4) is 0 Å². The monoisotopic (exact) mass is 294 g/mol. The summed E-state index contributed by atoms with van der Waals surface area (Å²) in [5.74, 6) is -0.635. The Balaban J connectivity index is 2.25. The van der Waals surface area contributed by atoms with Gasteiger partial charge in [-0.3, -0.25) is 4.79 Å². The number of ether oxygens (including phenoxy) is 1. The number of carboxylic acid groups (broad SMARTS) is 1. The average molecular weight is 294 g/mol. The number of morpholine rings is 1. The standard InChI is InChI=1S/C11H22N2O5S/c1-10(2-3-11(14)15)4-5-12-19(16,17)13-6-8-18-9-7-13/h10,12H,2-9H2,1H3,(H,14,15). The van der Waals surface area contributed by atoms with E-state index in [9.17, 15) is 13.2 Å². The Morgan fingerprint density at radius 2 is 2.00 bits per heavy atom. The predicted octanol–water partition coefficient (Wildman–Crippen LogP) is 0.0440. The van der Waals surface area contributed by atoms with Crippen LogP contribution in [0.5, 0.6) is 0 Å². The molecule has 8 heteroatoms. The number of aliphatic carboxylic acids is 1. The Kier molecular flexibility index (Phi) is 6.70. The van der Waals surface area contributed by atoms with Crippen molar-refractivity contribution in [2.24, 2.45) is 5.92 Å². The first-order valence-corrected chi connectivity index (χ1v) is 7.90. The van der Waals surface area contributed by atoms with Crippen molar-refractivity contribution in [3.63, 3.8) is 0 Å². The molecule has 1 heterocycles. The molecular weight excluding hydrogens is 272 g/mol. The molecule has 0 aromatic carbocycles. The molecule has 7 nitrogen and oxygen atoms in total. The number of nitrogens with zero attached hydrogens (tertiary/aromatic N) is 1. The molecule has 0 aliphatic carbocycles. The number of hydrogen-bond acceptors (Lipinski definition) is 4. The third-order valence-electron chi connectivity index (χ3n) is 3.08. The number of rotatable bonds is 8. The van der Waals surface area contributed by atoms with Gasteiger partial charge in [0.05, 0.1) is 13.2 Å². The van der Waals surface area contributed by atoms with Crippen molar-refractivity contribution in [1.82, 2.24) is 9.03 Å². The second kappa shape index (κ2) is 7.78. The van der Waals surface area contributed by atoms with E-state index in [1.54, 1.807) is 0 Å². The maximum atomic E-state index is 11.9. The van der Waals surface area contributed by atoms with Crippen LogP contribution in [0.25, 0.3) is 0 Å². The molecule has 0 saturated carbocycles. The maximum Gasteiger partial charge on any atom is 0.303 e. The van der Waals surface area contributed by atoms with E-state index in [0.29, 0.717) is 45.7 Å². The summed E-state index contributed by atoms with van der Waals surface area (Å²) in [5, 5.41) is 8.56. The van der Waals surface area contributed by atoms with E-state index in [4.69, 9.17) is 9.84 Å². The fraction of sp³-hybridized carbons (Fsp3) is 0.909. The zero-order chi connectivity index (χ0) is 14.3. The van der Waals surface area contributed by atoms with Crippen molar-refractivity contribution in [2.45, 2.75) is 26.2 Å². The van der Waals surface area contributed by atoms with Crippen molar-refractivity contribution in [2.75, 3.05) is 32.8 Å². The molecular formula is C11H22N2O5S. The average Bonchev–Trinajstić information content (AvgIpc) is 2.37. The van der Waals surface area contributed by atoms with Gasteiger partial charge in [0, 0.05) is 26.1 Å². The van der Waals surface area contributed by atoms with Crippen LogP contribution in [0.15, 0.2) is 0 Å². The van der Waals surface area contributed by atoms with Gasteiger partial charge in [0.2, 0.25) is 0 Å². The molecule has 1 atom stereocenters. The molecule has 0 amide bonds. The molecule has 112 valence electrons. The van der Waals surface area contributed by atoms with Crippen LogP contribution in [0.1, 0.15) is 26.2 Å². The van der Waals surface area contributed by atoms with Gasteiger partial charge in [0.25, 0.3) is 10.2 Å². The second-order valence-corrected chi connectivity index (χ2v) is 6.49. The van der Waals surface area contributed by atoms with Gasteiger partial charge < -0.3 is 9.84 Å². The lowest BCUT2D eigenvalue weighted by molar-refractivity contribution is -0.137. The first-order valence-electron chi connectivity index (χ1n) is 6.46. The number of hydrogen-bond donors (Lipinski definition) is 2. The van der Waals surface area contributed by atoms with Crippen LogP contribution in [0, 0.1) is 5.92 Å². The lowest BCUT2D eigenvalue weighted by Crippen LogP contribution is -2.46. The van der Waals surface area contributed by atoms with Crippen LogP contribution in [0.2, 0.25) is 0 Å². The highest BCUT2D eigenvalue weighted by Crippen LogP contribution is 2.10. The summed E-state index contributed by atoms with van der Waals surface area (Å²) in [4.78, 5) is 10.4. The Morgan fingerprint density at radius 1 is 1.37 bits per heavy atom. The highest BCUT2D eigenvalue weighted by atomic mass is 32.2. The van der Waals surface area contributed by atoms with Crippen LogP contribution in [0.3, 0.4) is 0 Å². The molecule has 1 aliphatic rings. The Morgan fingerprint density at radius 3 is 2.58 bits per heavy atom. The van der Waals surface area contributed by atoms with Crippen LogP contribution in [0.4, 0.5) is 0 Å². The zero-order valence-corrected chi connectivity index (χ0v) is 12.0. The summed E-state index contributed by atoms with van der Waals surface area (Å²) in [6.07, 6.45) is 1.32. The van der Waals surface area contributed by atoms with Crippen LogP contribution in [-0.2, 0) is 19.7 Å². The molecule has 1 aliphatic heterocycles. The number of carboxylic acids is 1. The van der Waals surface area contributed by atoms with Crippen molar-refractivity contribution in [3.05, 3.63) is 0 Å². The van der Waals surface area contributed by atoms with Gasteiger partial charge in [-0.1, -0.05) is 6.92 Å². The lowest BCUT2D eigenvalue weighted by Gasteiger charge is -2.26. The van der Waals surface area contributed by atoms with Crippen molar-refractivity contribution >= 4 is 16.2 Å². The smallest absolute Gasteiger partial charge is 0.303 e. The van der Waals surface area contributed by atoms with E-state index < -0.39 is 16.2 Å². The van der Waals surface area contributed by atoms with E-state index in [0.717, 1.165) is 0 Å².